The van der Waals surface area contributed by atoms with Crippen molar-refractivity contribution in [3.63, 3.8) is 0 Å². The standard InChI is InChI=1S/C9H12N4O4S/c1-13-6-10-12-8(13)4-11-18(15,16)9-3-2-7(5-14)17-9/h2-3,6,11,14H,4-5H2,1H3. The van der Waals surface area contributed by atoms with Crippen LogP contribution in [0.15, 0.2) is 28.0 Å². The van der Waals surface area contributed by atoms with Crippen molar-refractivity contribution in [3.05, 3.63) is 30.0 Å². The van der Waals surface area contributed by atoms with Crippen LogP contribution in [0.4, 0.5) is 0 Å². The summed E-state index contributed by atoms with van der Waals surface area (Å²) in [4.78, 5) is 0. The molecule has 0 saturated heterocycles. The van der Waals surface area contributed by atoms with E-state index in [2.05, 4.69) is 14.9 Å². The van der Waals surface area contributed by atoms with E-state index < -0.39 is 10.0 Å². The molecule has 0 aliphatic carbocycles. The van der Waals surface area contributed by atoms with Gasteiger partial charge in [0, 0.05) is 7.05 Å². The van der Waals surface area contributed by atoms with Gasteiger partial charge in [0.1, 0.15) is 24.5 Å². The third-order valence-corrected chi connectivity index (χ3v) is 3.56. The average molecular weight is 272 g/mol. The molecule has 2 heterocycles. The minimum absolute atomic E-state index is 0.00793. The zero-order chi connectivity index (χ0) is 13.2. The Bertz CT molecular complexity index is 631. The Balaban J connectivity index is 2.10. The molecule has 98 valence electrons. The van der Waals surface area contributed by atoms with Gasteiger partial charge in [-0.05, 0) is 12.1 Å². The zero-order valence-corrected chi connectivity index (χ0v) is 10.4. The molecule has 2 aromatic heterocycles. The second-order valence-electron chi connectivity index (χ2n) is 3.56. The van der Waals surface area contributed by atoms with Gasteiger partial charge in [0.2, 0.25) is 5.09 Å². The number of aliphatic hydroxyl groups is 1. The van der Waals surface area contributed by atoms with Gasteiger partial charge in [-0.1, -0.05) is 0 Å². The fraction of sp³-hybridized carbons (Fsp3) is 0.333. The van der Waals surface area contributed by atoms with Crippen molar-refractivity contribution in [2.45, 2.75) is 18.2 Å². The lowest BCUT2D eigenvalue weighted by Crippen LogP contribution is -2.24. The number of hydrogen-bond acceptors (Lipinski definition) is 6. The first-order chi connectivity index (χ1) is 8.53. The van der Waals surface area contributed by atoms with E-state index in [-0.39, 0.29) is 24.0 Å². The van der Waals surface area contributed by atoms with Crippen molar-refractivity contribution in [1.29, 1.82) is 0 Å². The number of nitrogens with zero attached hydrogens (tertiary/aromatic N) is 3. The normalized spacial score (nSPS) is 11.9. The molecule has 0 aromatic carbocycles. The monoisotopic (exact) mass is 272 g/mol. The van der Waals surface area contributed by atoms with Gasteiger partial charge < -0.3 is 14.1 Å². The predicted octanol–water partition coefficient (Wildman–Crippen LogP) is -0.621. The number of nitrogens with one attached hydrogen (secondary N) is 1. The van der Waals surface area contributed by atoms with Gasteiger partial charge in [0.15, 0.2) is 0 Å². The molecule has 0 bridgehead atoms. The largest absolute Gasteiger partial charge is 0.446 e. The molecule has 2 rings (SSSR count). The minimum Gasteiger partial charge on any atom is -0.446 e. The first-order valence-corrected chi connectivity index (χ1v) is 6.53. The highest BCUT2D eigenvalue weighted by molar-refractivity contribution is 7.89. The molecule has 2 aromatic rings. The quantitative estimate of drug-likeness (QED) is 0.750. The van der Waals surface area contributed by atoms with E-state index in [4.69, 9.17) is 9.52 Å². The molecule has 0 atom stereocenters. The van der Waals surface area contributed by atoms with Gasteiger partial charge in [0.25, 0.3) is 10.0 Å². The Hall–Kier alpha value is -1.71. The number of aliphatic hydroxyl groups excluding tert-OH is 1. The molecule has 8 nitrogen and oxygen atoms in total. The van der Waals surface area contributed by atoms with Gasteiger partial charge in [-0.2, -0.15) is 0 Å². The van der Waals surface area contributed by atoms with Crippen LogP contribution in [0.5, 0.6) is 0 Å². The Morgan fingerprint density at radius 3 is 2.83 bits per heavy atom. The number of furan rings is 1. The fourth-order valence-corrected chi connectivity index (χ4v) is 2.21. The maximum atomic E-state index is 11.8. The van der Waals surface area contributed by atoms with Crippen molar-refractivity contribution >= 4 is 10.0 Å². The smallest absolute Gasteiger partial charge is 0.274 e. The summed E-state index contributed by atoms with van der Waals surface area (Å²) in [5, 5.41) is 15.9. The molecular weight excluding hydrogens is 260 g/mol. The Morgan fingerprint density at radius 1 is 1.50 bits per heavy atom. The molecule has 0 aliphatic heterocycles. The van der Waals surface area contributed by atoms with Crippen LogP contribution < -0.4 is 4.72 Å². The molecule has 0 fully saturated rings. The van der Waals surface area contributed by atoms with Gasteiger partial charge in [-0.25, -0.2) is 13.1 Å². The lowest BCUT2D eigenvalue weighted by atomic mass is 10.5. The molecule has 0 unspecified atom stereocenters. The van der Waals surface area contributed by atoms with Gasteiger partial charge in [-0.15, -0.1) is 10.2 Å². The van der Waals surface area contributed by atoms with Crippen molar-refractivity contribution < 1.29 is 17.9 Å². The van der Waals surface area contributed by atoms with Crippen molar-refractivity contribution in [2.24, 2.45) is 7.05 Å². The van der Waals surface area contributed by atoms with Crippen LogP contribution in [0, 0.1) is 0 Å². The number of hydrogen-bond donors (Lipinski definition) is 2. The molecule has 2 N–H and O–H groups in total. The lowest BCUT2D eigenvalue weighted by molar-refractivity contribution is 0.236. The molecule has 0 saturated carbocycles. The van der Waals surface area contributed by atoms with E-state index in [1.54, 1.807) is 11.6 Å². The Morgan fingerprint density at radius 2 is 2.28 bits per heavy atom. The lowest BCUT2D eigenvalue weighted by Gasteiger charge is -2.03. The van der Waals surface area contributed by atoms with Crippen LogP contribution in [-0.4, -0.2) is 28.3 Å². The molecule has 18 heavy (non-hydrogen) atoms. The van der Waals surface area contributed by atoms with Crippen LogP contribution in [0.25, 0.3) is 0 Å². The predicted molar refractivity (Wildman–Crippen MR) is 59.7 cm³/mol. The number of sulfonamides is 1. The number of rotatable bonds is 5. The van der Waals surface area contributed by atoms with Crippen LogP contribution in [0.1, 0.15) is 11.6 Å². The van der Waals surface area contributed by atoms with E-state index >= 15 is 0 Å². The highest BCUT2D eigenvalue weighted by atomic mass is 32.2. The maximum absolute atomic E-state index is 11.8. The summed E-state index contributed by atoms with van der Waals surface area (Å²) in [7, 11) is -2.04. The molecule has 9 heteroatoms. The van der Waals surface area contributed by atoms with Gasteiger partial charge in [0.05, 0.1) is 6.54 Å². The van der Waals surface area contributed by atoms with E-state index in [1.807, 2.05) is 0 Å². The van der Waals surface area contributed by atoms with Crippen molar-refractivity contribution in [3.8, 4) is 0 Å². The maximum Gasteiger partial charge on any atom is 0.274 e. The van der Waals surface area contributed by atoms with Crippen molar-refractivity contribution in [2.75, 3.05) is 0 Å². The summed E-state index contributed by atoms with van der Waals surface area (Å²) in [5.74, 6) is 0.668. The van der Waals surface area contributed by atoms with Crippen LogP contribution in [-0.2, 0) is 30.2 Å². The first kappa shape index (κ1) is 12.7. The highest BCUT2D eigenvalue weighted by Crippen LogP contribution is 2.13. The Kier molecular flexibility index (Phi) is 3.45. The molecular formula is C9H12N4O4S. The molecule has 0 aliphatic rings. The number of aromatic nitrogens is 3. The van der Waals surface area contributed by atoms with E-state index in [9.17, 15) is 8.42 Å². The average Bonchev–Trinajstić information content (AvgIpc) is 2.95. The molecule has 0 radical (unpaired) electrons. The highest BCUT2D eigenvalue weighted by Gasteiger charge is 2.19. The van der Waals surface area contributed by atoms with Crippen LogP contribution >= 0.6 is 0 Å². The summed E-state index contributed by atoms with van der Waals surface area (Å²) >= 11 is 0. The summed E-state index contributed by atoms with van der Waals surface area (Å²) in [6.07, 6.45) is 1.47. The first-order valence-electron chi connectivity index (χ1n) is 5.05. The van der Waals surface area contributed by atoms with Gasteiger partial charge in [-0.3, -0.25) is 0 Å². The van der Waals surface area contributed by atoms with Gasteiger partial charge >= 0.3 is 0 Å². The molecule has 0 amide bonds. The van der Waals surface area contributed by atoms with Crippen LogP contribution in [0.3, 0.4) is 0 Å². The SMILES string of the molecule is Cn1cnnc1CNS(=O)(=O)c1ccc(CO)o1. The summed E-state index contributed by atoms with van der Waals surface area (Å²) in [6.45, 7) is -0.340. The second kappa shape index (κ2) is 4.88. The third kappa shape index (κ3) is 2.58. The third-order valence-electron chi connectivity index (χ3n) is 2.28. The summed E-state index contributed by atoms with van der Waals surface area (Å²) in [6, 6.07) is 2.68. The Labute approximate surface area is 103 Å². The zero-order valence-electron chi connectivity index (χ0n) is 9.57. The van der Waals surface area contributed by atoms with Crippen molar-refractivity contribution in [1.82, 2.24) is 19.5 Å². The van der Waals surface area contributed by atoms with E-state index in [0.29, 0.717) is 5.82 Å². The second-order valence-corrected chi connectivity index (χ2v) is 5.26. The summed E-state index contributed by atoms with van der Waals surface area (Å²) < 4.78 is 32.5. The fourth-order valence-electron chi connectivity index (χ4n) is 1.29. The number of aryl methyl sites for hydroxylation is 1. The topological polar surface area (TPSA) is 110 Å². The van der Waals surface area contributed by atoms with Crippen LogP contribution in [0.2, 0.25) is 0 Å². The minimum atomic E-state index is -3.75. The summed E-state index contributed by atoms with van der Waals surface area (Å²) in [5.41, 5.74) is 0. The van der Waals surface area contributed by atoms with E-state index in [1.165, 1.54) is 18.5 Å². The van der Waals surface area contributed by atoms with E-state index in [0.717, 1.165) is 0 Å². The molecule has 0 spiro atoms.